The lowest BCUT2D eigenvalue weighted by atomic mass is 10.1. The van der Waals surface area contributed by atoms with Crippen LogP contribution in [0, 0.1) is 0 Å². The van der Waals surface area contributed by atoms with E-state index in [4.69, 9.17) is 0 Å². The number of aryl methyl sites for hydroxylation is 2. The minimum Gasteiger partial charge on any atom is -0.378 e. The van der Waals surface area contributed by atoms with Crippen LogP contribution in [0.1, 0.15) is 18.2 Å². The van der Waals surface area contributed by atoms with E-state index < -0.39 is 0 Å². The van der Waals surface area contributed by atoms with Gasteiger partial charge in [-0.2, -0.15) is 5.10 Å². The standard InChI is InChI=1S/C16H18N4/c1-3-14-15(11-20(2)19-14)18-10-13-7-4-6-12-8-5-9-17-16(12)13/h4-9,11,18H,3,10H2,1-2H3. The van der Waals surface area contributed by atoms with E-state index >= 15 is 0 Å². The quantitative estimate of drug-likeness (QED) is 0.789. The van der Waals surface area contributed by atoms with Gasteiger partial charge in [-0.05, 0) is 18.1 Å². The van der Waals surface area contributed by atoms with Crippen molar-refractivity contribution in [2.24, 2.45) is 7.05 Å². The van der Waals surface area contributed by atoms with Gasteiger partial charge in [0.15, 0.2) is 0 Å². The van der Waals surface area contributed by atoms with Crippen LogP contribution in [0.3, 0.4) is 0 Å². The molecule has 4 nitrogen and oxygen atoms in total. The van der Waals surface area contributed by atoms with Crippen molar-refractivity contribution >= 4 is 16.6 Å². The Labute approximate surface area is 118 Å². The second kappa shape index (κ2) is 5.33. The van der Waals surface area contributed by atoms with Crippen LogP contribution < -0.4 is 5.32 Å². The molecular weight excluding hydrogens is 248 g/mol. The van der Waals surface area contributed by atoms with Crippen LogP contribution in [0.5, 0.6) is 0 Å². The van der Waals surface area contributed by atoms with Crippen molar-refractivity contribution in [1.29, 1.82) is 0 Å². The number of benzene rings is 1. The fourth-order valence-electron chi connectivity index (χ4n) is 2.44. The van der Waals surface area contributed by atoms with Gasteiger partial charge < -0.3 is 5.32 Å². The molecular formula is C16H18N4. The average molecular weight is 266 g/mol. The third-order valence-corrected chi connectivity index (χ3v) is 3.43. The summed E-state index contributed by atoms with van der Waals surface area (Å²) < 4.78 is 1.85. The average Bonchev–Trinajstić information content (AvgIpc) is 2.85. The molecule has 0 aliphatic heterocycles. The molecule has 0 atom stereocenters. The van der Waals surface area contributed by atoms with Crippen molar-refractivity contribution in [2.75, 3.05) is 5.32 Å². The minimum absolute atomic E-state index is 0.757. The topological polar surface area (TPSA) is 42.7 Å². The highest BCUT2D eigenvalue weighted by atomic mass is 15.3. The zero-order chi connectivity index (χ0) is 13.9. The number of para-hydroxylation sites is 1. The van der Waals surface area contributed by atoms with Crippen LogP contribution in [0.4, 0.5) is 5.69 Å². The molecule has 0 aliphatic carbocycles. The molecule has 20 heavy (non-hydrogen) atoms. The molecule has 0 spiro atoms. The highest BCUT2D eigenvalue weighted by Crippen LogP contribution is 2.19. The SMILES string of the molecule is CCc1nn(C)cc1NCc1cccc2cccnc12. The normalized spacial score (nSPS) is 10.9. The van der Waals surface area contributed by atoms with Gasteiger partial charge >= 0.3 is 0 Å². The van der Waals surface area contributed by atoms with E-state index in [-0.39, 0.29) is 0 Å². The molecule has 0 unspecified atom stereocenters. The summed E-state index contributed by atoms with van der Waals surface area (Å²) in [5, 5.41) is 9.09. The molecule has 0 radical (unpaired) electrons. The first kappa shape index (κ1) is 12.7. The van der Waals surface area contributed by atoms with E-state index in [1.54, 1.807) is 0 Å². The third-order valence-electron chi connectivity index (χ3n) is 3.43. The molecule has 0 saturated carbocycles. The lowest BCUT2D eigenvalue weighted by Gasteiger charge is -2.08. The van der Waals surface area contributed by atoms with Crippen LogP contribution in [-0.4, -0.2) is 14.8 Å². The van der Waals surface area contributed by atoms with Gasteiger partial charge in [-0.1, -0.05) is 31.2 Å². The highest BCUT2D eigenvalue weighted by molar-refractivity contribution is 5.81. The van der Waals surface area contributed by atoms with Crippen LogP contribution >= 0.6 is 0 Å². The predicted octanol–water partition coefficient (Wildman–Crippen LogP) is 3.14. The predicted molar refractivity (Wildman–Crippen MR) is 81.7 cm³/mol. The molecule has 3 rings (SSSR count). The summed E-state index contributed by atoms with van der Waals surface area (Å²) in [5.41, 5.74) is 4.46. The summed E-state index contributed by atoms with van der Waals surface area (Å²) in [6.45, 7) is 2.88. The van der Waals surface area contributed by atoms with Gasteiger partial charge in [0.05, 0.1) is 16.9 Å². The van der Waals surface area contributed by atoms with Crippen LogP contribution in [0.25, 0.3) is 10.9 Å². The van der Waals surface area contributed by atoms with Gasteiger partial charge in [-0.3, -0.25) is 9.67 Å². The number of nitrogens with zero attached hydrogens (tertiary/aromatic N) is 3. The van der Waals surface area contributed by atoms with Gasteiger partial charge in [-0.25, -0.2) is 0 Å². The monoisotopic (exact) mass is 266 g/mol. The van der Waals surface area contributed by atoms with Crippen LogP contribution in [-0.2, 0) is 20.0 Å². The lowest BCUT2D eigenvalue weighted by molar-refractivity contribution is 0.746. The van der Waals surface area contributed by atoms with E-state index in [1.807, 2.05) is 30.2 Å². The number of hydrogen-bond acceptors (Lipinski definition) is 3. The van der Waals surface area contributed by atoms with Crippen LogP contribution in [0.15, 0.2) is 42.7 Å². The number of aromatic nitrogens is 3. The smallest absolute Gasteiger partial charge is 0.0853 e. The molecule has 1 N–H and O–H groups in total. The second-order valence-corrected chi connectivity index (χ2v) is 4.86. The minimum atomic E-state index is 0.757. The second-order valence-electron chi connectivity index (χ2n) is 4.86. The Hall–Kier alpha value is -2.36. The van der Waals surface area contributed by atoms with Crippen molar-refractivity contribution in [3.8, 4) is 0 Å². The van der Waals surface area contributed by atoms with E-state index in [0.29, 0.717) is 0 Å². The molecule has 0 fully saturated rings. The zero-order valence-corrected chi connectivity index (χ0v) is 11.8. The molecule has 0 bridgehead atoms. The van der Waals surface area contributed by atoms with Crippen molar-refractivity contribution in [2.45, 2.75) is 19.9 Å². The number of nitrogens with one attached hydrogen (secondary N) is 1. The first-order valence-electron chi connectivity index (χ1n) is 6.87. The first-order chi connectivity index (χ1) is 9.78. The molecule has 0 aliphatic rings. The van der Waals surface area contributed by atoms with Crippen molar-refractivity contribution in [3.63, 3.8) is 0 Å². The van der Waals surface area contributed by atoms with Crippen molar-refractivity contribution in [1.82, 2.24) is 14.8 Å². The van der Waals surface area contributed by atoms with Gasteiger partial charge in [0.25, 0.3) is 0 Å². The summed E-state index contributed by atoms with van der Waals surface area (Å²) >= 11 is 0. The lowest BCUT2D eigenvalue weighted by Crippen LogP contribution is -2.02. The molecule has 2 aromatic heterocycles. The Morgan fingerprint density at radius 2 is 2.05 bits per heavy atom. The number of hydrogen-bond donors (Lipinski definition) is 1. The van der Waals surface area contributed by atoms with E-state index in [1.165, 1.54) is 10.9 Å². The fraction of sp³-hybridized carbons (Fsp3) is 0.250. The maximum Gasteiger partial charge on any atom is 0.0853 e. The Kier molecular flexibility index (Phi) is 3.37. The number of pyridine rings is 1. The summed E-state index contributed by atoms with van der Waals surface area (Å²) in [6.07, 6.45) is 4.79. The summed E-state index contributed by atoms with van der Waals surface area (Å²) in [7, 11) is 1.95. The van der Waals surface area contributed by atoms with E-state index in [2.05, 4.69) is 46.6 Å². The molecule has 0 amide bonds. The molecule has 1 aromatic carbocycles. The maximum atomic E-state index is 4.48. The molecule has 0 saturated heterocycles. The summed E-state index contributed by atoms with van der Waals surface area (Å²) in [4.78, 5) is 4.48. The summed E-state index contributed by atoms with van der Waals surface area (Å²) in [5.74, 6) is 0. The summed E-state index contributed by atoms with van der Waals surface area (Å²) in [6, 6.07) is 10.3. The van der Waals surface area contributed by atoms with Gasteiger partial charge in [0, 0.05) is 31.4 Å². The Balaban J connectivity index is 1.86. The largest absolute Gasteiger partial charge is 0.378 e. The Morgan fingerprint density at radius 3 is 2.90 bits per heavy atom. The Morgan fingerprint density at radius 1 is 1.20 bits per heavy atom. The van der Waals surface area contributed by atoms with Gasteiger partial charge in [0.2, 0.25) is 0 Å². The van der Waals surface area contributed by atoms with Crippen LogP contribution in [0.2, 0.25) is 0 Å². The van der Waals surface area contributed by atoms with E-state index in [0.717, 1.165) is 29.9 Å². The highest BCUT2D eigenvalue weighted by Gasteiger charge is 2.06. The Bertz CT molecular complexity index is 725. The van der Waals surface area contributed by atoms with Gasteiger partial charge in [0.1, 0.15) is 0 Å². The van der Waals surface area contributed by atoms with Crippen molar-refractivity contribution in [3.05, 3.63) is 54.0 Å². The molecule has 4 heteroatoms. The van der Waals surface area contributed by atoms with Crippen molar-refractivity contribution < 1.29 is 0 Å². The first-order valence-corrected chi connectivity index (χ1v) is 6.87. The molecule has 3 aromatic rings. The fourth-order valence-corrected chi connectivity index (χ4v) is 2.44. The number of fused-ring (bicyclic) bond motifs is 1. The molecule has 102 valence electrons. The van der Waals surface area contributed by atoms with Gasteiger partial charge in [-0.15, -0.1) is 0 Å². The number of rotatable bonds is 4. The van der Waals surface area contributed by atoms with E-state index in [9.17, 15) is 0 Å². The third kappa shape index (κ3) is 2.37. The number of anilines is 1. The zero-order valence-electron chi connectivity index (χ0n) is 11.8. The molecule has 2 heterocycles. The maximum absolute atomic E-state index is 4.48.